The van der Waals surface area contributed by atoms with Crippen molar-refractivity contribution in [3.05, 3.63) is 36.0 Å². The number of rotatable bonds is 3. The van der Waals surface area contributed by atoms with Crippen molar-refractivity contribution in [2.45, 2.75) is 51.6 Å². The van der Waals surface area contributed by atoms with Gasteiger partial charge in [0.05, 0.1) is 23.6 Å². The van der Waals surface area contributed by atoms with Crippen molar-refractivity contribution >= 4 is 11.3 Å². The number of aromatic nitrogens is 6. The molecular weight excluding hydrogens is 290 g/mol. The van der Waals surface area contributed by atoms with E-state index in [1.165, 1.54) is 5.56 Å². The van der Waals surface area contributed by atoms with Crippen LogP contribution in [0.1, 0.15) is 43.0 Å². The quantitative estimate of drug-likeness (QED) is 0.804. The molecule has 1 N–H and O–H groups in total. The van der Waals surface area contributed by atoms with E-state index >= 15 is 0 Å². The number of anilines is 1. The van der Waals surface area contributed by atoms with Gasteiger partial charge < -0.3 is 5.32 Å². The zero-order valence-corrected chi connectivity index (χ0v) is 13.5. The summed E-state index contributed by atoms with van der Waals surface area (Å²) in [6, 6.07) is 3.03. The van der Waals surface area contributed by atoms with Crippen LogP contribution in [0.4, 0.5) is 5.69 Å². The Kier molecular flexibility index (Phi) is 3.48. The van der Waals surface area contributed by atoms with E-state index < -0.39 is 0 Å². The average molecular weight is 311 g/mol. The molecule has 23 heavy (non-hydrogen) atoms. The molecule has 0 aromatic carbocycles. The third kappa shape index (κ3) is 2.78. The number of fused-ring (bicyclic) bond motifs is 1. The van der Waals surface area contributed by atoms with Gasteiger partial charge in [-0.2, -0.15) is 14.7 Å². The third-order valence-electron chi connectivity index (χ3n) is 4.55. The van der Waals surface area contributed by atoms with Crippen LogP contribution >= 0.6 is 0 Å². The summed E-state index contributed by atoms with van der Waals surface area (Å²) >= 11 is 0. The lowest BCUT2D eigenvalue weighted by molar-refractivity contribution is 0.313. The van der Waals surface area contributed by atoms with Crippen LogP contribution in [0, 0.1) is 13.8 Å². The molecule has 7 heteroatoms. The van der Waals surface area contributed by atoms with Crippen molar-refractivity contribution in [2.75, 3.05) is 5.32 Å². The zero-order chi connectivity index (χ0) is 15.8. The minimum absolute atomic E-state index is 0.463. The Morgan fingerprint density at radius 1 is 1.17 bits per heavy atom. The number of hydrogen-bond donors (Lipinski definition) is 1. The smallest absolute Gasteiger partial charge is 0.200 e. The highest BCUT2D eigenvalue weighted by molar-refractivity contribution is 5.66. The SMILES string of the molecule is Cc1cnn(C2CCC(Nc3cc(C)nn4cnnc34)CC2)c1. The first-order valence-electron chi connectivity index (χ1n) is 8.14. The van der Waals surface area contributed by atoms with Crippen LogP contribution in [0.2, 0.25) is 0 Å². The lowest BCUT2D eigenvalue weighted by Crippen LogP contribution is -2.28. The molecule has 1 saturated carbocycles. The fraction of sp³-hybridized carbons (Fsp3) is 0.500. The second kappa shape index (κ2) is 5.64. The van der Waals surface area contributed by atoms with E-state index in [2.05, 4.69) is 43.5 Å². The monoisotopic (exact) mass is 311 g/mol. The van der Waals surface area contributed by atoms with Crippen molar-refractivity contribution in [1.29, 1.82) is 0 Å². The maximum absolute atomic E-state index is 4.46. The maximum Gasteiger partial charge on any atom is 0.200 e. The van der Waals surface area contributed by atoms with Gasteiger partial charge in [-0.1, -0.05) is 0 Å². The Morgan fingerprint density at radius 2 is 2.00 bits per heavy atom. The van der Waals surface area contributed by atoms with E-state index in [-0.39, 0.29) is 0 Å². The van der Waals surface area contributed by atoms with Crippen LogP contribution in [0.5, 0.6) is 0 Å². The molecular formula is C16H21N7. The third-order valence-corrected chi connectivity index (χ3v) is 4.55. The van der Waals surface area contributed by atoms with Crippen molar-refractivity contribution in [2.24, 2.45) is 0 Å². The summed E-state index contributed by atoms with van der Waals surface area (Å²) in [5.41, 5.74) is 4.00. The maximum atomic E-state index is 4.46. The number of nitrogens with one attached hydrogen (secondary N) is 1. The molecule has 0 amide bonds. The summed E-state index contributed by atoms with van der Waals surface area (Å²) in [6.07, 6.45) is 10.3. The molecule has 4 rings (SSSR count). The second-order valence-corrected chi connectivity index (χ2v) is 6.45. The van der Waals surface area contributed by atoms with E-state index in [4.69, 9.17) is 0 Å². The molecule has 1 aliphatic carbocycles. The Labute approximate surface area is 134 Å². The molecule has 0 unspecified atom stereocenters. The first-order valence-corrected chi connectivity index (χ1v) is 8.14. The molecule has 7 nitrogen and oxygen atoms in total. The fourth-order valence-corrected chi connectivity index (χ4v) is 3.40. The molecule has 1 fully saturated rings. The molecule has 3 aromatic rings. The summed E-state index contributed by atoms with van der Waals surface area (Å²) in [5, 5.41) is 20.6. The second-order valence-electron chi connectivity index (χ2n) is 6.45. The minimum Gasteiger partial charge on any atom is -0.379 e. The number of hydrogen-bond acceptors (Lipinski definition) is 5. The van der Waals surface area contributed by atoms with Crippen LogP contribution in [0.3, 0.4) is 0 Å². The molecule has 0 bridgehead atoms. The van der Waals surface area contributed by atoms with E-state index in [0.717, 1.165) is 42.7 Å². The van der Waals surface area contributed by atoms with Gasteiger partial charge >= 0.3 is 0 Å². The summed E-state index contributed by atoms with van der Waals surface area (Å²) < 4.78 is 3.86. The molecule has 0 aliphatic heterocycles. The van der Waals surface area contributed by atoms with Gasteiger partial charge in [-0.15, -0.1) is 10.2 Å². The predicted octanol–water partition coefficient (Wildman–Crippen LogP) is 2.53. The van der Waals surface area contributed by atoms with E-state index in [0.29, 0.717) is 12.1 Å². The largest absolute Gasteiger partial charge is 0.379 e. The van der Waals surface area contributed by atoms with Crippen molar-refractivity contribution in [1.82, 2.24) is 29.6 Å². The fourth-order valence-electron chi connectivity index (χ4n) is 3.40. The topological polar surface area (TPSA) is 72.9 Å². The Bertz CT molecular complexity index is 811. The first-order chi connectivity index (χ1) is 11.2. The molecule has 0 saturated heterocycles. The highest BCUT2D eigenvalue weighted by atomic mass is 15.3. The van der Waals surface area contributed by atoms with Crippen LogP contribution in [0.25, 0.3) is 5.65 Å². The van der Waals surface area contributed by atoms with E-state index in [1.54, 1.807) is 10.8 Å². The molecule has 3 aromatic heterocycles. The van der Waals surface area contributed by atoms with Gasteiger partial charge in [0, 0.05) is 12.2 Å². The highest BCUT2D eigenvalue weighted by Gasteiger charge is 2.23. The minimum atomic E-state index is 0.463. The molecule has 3 heterocycles. The van der Waals surface area contributed by atoms with E-state index in [9.17, 15) is 0 Å². The van der Waals surface area contributed by atoms with Gasteiger partial charge in [0.2, 0.25) is 5.65 Å². The lowest BCUT2D eigenvalue weighted by atomic mass is 9.91. The van der Waals surface area contributed by atoms with Gasteiger partial charge in [0.25, 0.3) is 0 Å². The van der Waals surface area contributed by atoms with Crippen LogP contribution in [-0.4, -0.2) is 35.6 Å². The standard InChI is InChI=1S/C16H21N7/c1-11-8-18-22(9-11)14-5-3-13(4-6-14)19-15-7-12(2)21-23-10-17-20-16(15)23/h7-10,13-14,19H,3-6H2,1-2H3. The summed E-state index contributed by atoms with van der Waals surface area (Å²) in [4.78, 5) is 0. The number of aryl methyl sites for hydroxylation is 2. The van der Waals surface area contributed by atoms with Gasteiger partial charge in [-0.25, -0.2) is 0 Å². The molecule has 0 radical (unpaired) electrons. The summed E-state index contributed by atoms with van der Waals surface area (Å²) in [5.74, 6) is 0. The molecule has 0 spiro atoms. The van der Waals surface area contributed by atoms with Gasteiger partial charge in [-0.05, 0) is 51.2 Å². The van der Waals surface area contributed by atoms with Crippen molar-refractivity contribution < 1.29 is 0 Å². The summed E-state index contributed by atoms with van der Waals surface area (Å²) in [7, 11) is 0. The van der Waals surface area contributed by atoms with Gasteiger partial charge in [0.15, 0.2) is 0 Å². The van der Waals surface area contributed by atoms with Crippen LogP contribution in [-0.2, 0) is 0 Å². The van der Waals surface area contributed by atoms with Crippen molar-refractivity contribution in [3.63, 3.8) is 0 Å². The Morgan fingerprint density at radius 3 is 2.74 bits per heavy atom. The van der Waals surface area contributed by atoms with E-state index in [1.807, 2.05) is 19.2 Å². The molecule has 120 valence electrons. The first kappa shape index (κ1) is 14.2. The average Bonchev–Trinajstić information content (AvgIpc) is 3.17. The Balaban J connectivity index is 1.45. The zero-order valence-electron chi connectivity index (χ0n) is 13.5. The van der Waals surface area contributed by atoms with Gasteiger partial charge in [0.1, 0.15) is 6.33 Å². The van der Waals surface area contributed by atoms with Crippen molar-refractivity contribution in [3.8, 4) is 0 Å². The Hall–Kier alpha value is -2.44. The normalized spacial score (nSPS) is 21.7. The van der Waals surface area contributed by atoms with Gasteiger partial charge in [-0.3, -0.25) is 4.68 Å². The van der Waals surface area contributed by atoms with Crippen LogP contribution < -0.4 is 5.32 Å². The lowest BCUT2D eigenvalue weighted by Gasteiger charge is -2.30. The predicted molar refractivity (Wildman–Crippen MR) is 87.4 cm³/mol. The highest BCUT2D eigenvalue weighted by Crippen LogP contribution is 2.30. The summed E-state index contributed by atoms with van der Waals surface area (Å²) in [6.45, 7) is 4.08. The molecule has 0 atom stereocenters. The van der Waals surface area contributed by atoms with Crippen LogP contribution in [0.15, 0.2) is 24.8 Å². The number of nitrogens with zero attached hydrogens (tertiary/aromatic N) is 6. The molecule has 1 aliphatic rings.